The highest BCUT2D eigenvalue weighted by molar-refractivity contribution is 6.31. The number of carbonyl (C=O) groups is 1. The van der Waals surface area contributed by atoms with Gasteiger partial charge in [0.2, 0.25) is 0 Å². The van der Waals surface area contributed by atoms with E-state index in [1.807, 2.05) is 25.1 Å². The number of hydrogen-bond acceptors (Lipinski definition) is 5. The van der Waals surface area contributed by atoms with E-state index in [-0.39, 0.29) is 12.5 Å². The smallest absolute Gasteiger partial charge is 0.264 e. The predicted octanol–water partition coefficient (Wildman–Crippen LogP) is 4.12. The van der Waals surface area contributed by atoms with Crippen LogP contribution in [0.25, 0.3) is 0 Å². The SMILES string of the molecule is CCc1noc(COc2ccc(Cl)cc2C(=O)Nc2ccccc2)n1. The summed E-state index contributed by atoms with van der Waals surface area (Å²) in [4.78, 5) is 16.7. The molecule has 0 atom stereocenters. The maximum absolute atomic E-state index is 12.5. The summed E-state index contributed by atoms with van der Waals surface area (Å²) in [7, 11) is 0. The normalized spacial score (nSPS) is 10.5. The van der Waals surface area contributed by atoms with Crippen LogP contribution in [0.1, 0.15) is 29.0 Å². The first kappa shape index (κ1) is 17.0. The van der Waals surface area contributed by atoms with Gasteiger partial charge in [-0.2, -0.15) is 4.98 Å². The van der Waals surface area contributed by atoms with Gasteiger partial charge in [0.05, 0.1) is 5.56 Å². The van der Waals surface area contributed by atoms with Gasteiger partial charge in [-0.1, -0.05) is 41.9 Å². The number of hydrogen-bond donors (Lipinski definition) is 1. The molecule has 25 heavy (non-hydrogen) atoms. The number of halogens is 1. The third-order valence-corrected chi connectivity index (χ3v) is 3.63. The van der Waals surface area contributed by atoms with Crippen molar-refractivity contribution in [1.29, 1.82) is 0 Å². The second-order valence-electron chi connectivity index (χ2n) is 5.21. The fourth-order valence-corrected chi connectivity index (χ4v) is 2.33. The van der Waals surface area contributed by atoms with E-state index in [0.717, 1.165) is 0 Å². The first-order valence-electron chi connectivity index (χ1n) is 7.76. The molecule has 0 saturated heterocycles. The maximum Gasteiger partial charge on any atom is 0.264 e. The molecule has 0 aliphatic carbocycles. The molecule has 1 heterocycles. The number of anilines is 1. The van der Waals surface area contributed by atoms with Crippen molar-refractivity contribution in [3.05, 3.63) is 70.8 Å². The highest BCUT2D eigenvalue weighted by Crippen LogP contribution is 2.25. The van der Waals surface area contributed by atoms with Crippen LogP contribution >= 0.6 is 11.6 Å². The Hall–Kier alpha value is -2.86. The number of amides is 1. The van der Waals surface area contributed by atoms with E-state index >= 15 is 0 Å². The lowest BCUT2D eigenvalue weighted by atomic mass is 10.2. The molecule has 2 aromatic carbocycles. The lowest BCUT2D eigenvalue weighted by Crippen LogP contribution is -2.13. The molecule has 0 radical (unpaired) electrons. The summed E-state index contributed by atoms with van der Waals surface area (Å²) >= 11 is 6.03. The topological polar surface area (TPSA) is 77.2 Å². The summed E-state index contributed by atoms with van der Waals surface area (Å²) in [5, 5.41) is 7.06. The van der Waals surface area contributed by atoms with Crippen molar-refractivity contribution in [2.75, 3.05) is 5.32 Å². The van der Waals surface area contributed by atoms with Gasteiger partial charge in [0.1, 0.15) is 5.75 Å². The second kappa shape index (κ2) is 7.81. The number of para-hydroxylation sites is 1. The third kappa shape index (κ3) is 4.36. The maximum atomic E-state index is 12.5. The Morgan fingerprint density at radius 1 is 1.24 bits per heavy atom. The Bertz CT molecular complexity index is 865. The van der Waals surface area contributed by atoms with E-state index in [2.05, 4.69) is 15.5 Å². The van der Waals surface area contributed by atoms with E-state index in [1.54, 1.807) is 30.3 Å². The highest BCUT2D eigenvalue weighted by Gasteiger charge is 2.15. The zero-order valence-electron chi connectivity index (χ0n) is 13.5. The van der Waals surface area contributed by atoms with E-state index in [1.165, 1.54) is 0 Å². The number of ether oxygens (including phenoxy) is 1. The Kier molecular flexibility index (Phi) is 5.30. The molecule has 1 amide bonds. The fraction of sp³-hybridized carbons (Fsp3) is 0.167. The molecular formula is C18H16ClN3O3. The molecule has 6 nitrogen and oxygen atoms in total. The first-order chi connectivity index (χ1) is 12.2. The lowest BCUT2D eigenvalue weighted by Gasteiger charge is -2.11. The van der Waals surface area contributed by atoms with Crippen LogP contribution in [0.2, 0.25) is 5.02 Å². The molecule has 0 bridgehead atoms. The summed E-state index contributed by atoms with van der Waals surface area (Å²) in [5.41, 5.74) is 1.01. The summed E-state index contributed by atoms with van der Waals surface area (Å²) in [6.07, 6.45) is 0.676. The van der Waals surface area contributed by atoms with E-state index < -0.39 is 0 Å². The van der Waals surface area contributed by atoms with Gasteiger partial charge in [0.15, 0.2) is 12.4 Å². The largest absolute Gasteiger partial charge is 0.483 e. The first-order valence-corrected chi connectivity index (χ1v) is 8.13. The van der Waals surface area contributed by atoms with Gasteiger partial charge >= 0.3 is 0 Å². The molecule has 0 fully saturated rings. The lowest BCUT2D eigenvalue weighted by molar-refractivity contribution is 0.102. The minimum atomic E-state index is -0.316. The molecule has 1 N–H and O–H groups in total. The third-order valence-electron chi connectivity index (χ3n) is 3.40. The molecule has 3 rings (SSSR count). The van der Waals surface area contributed by atoms with E-state index in [4.69, 9.17) is 20.9 Å². The number of benzene rings is 2. The number of aryl methyl sites for hydroxylation is 1. The number of carbonyl (C=O) groups excluding carboxylic acids is 1. The van der Waals surface area contributed by atoms with Crippen LogP contribution < -0.4 is 10.1 Å². The molecular weight excluding hydrogens is 342 g/mol. The molecule has 0 aliphatic heterocycles. The zero-order chi connectivity index (χ0) is 17.6. The Morgan fingerprint density at radius 3 is 2.76 bits per heavy atom. The Morgan fingerprint density at radius 2 is 2.04 bits per heavy atom. The summed E-state index contributed by atoms with van der Waals surface area (Å²) in [6, 6.07) is 14.0. The number of aromatic nitrogens is 2. The van der Waals surface area contributed by atoms with Gasteiger partial charge in [0, 0.05) is 17.1 Å². The zero-order valence-corrected chi connectivity index (χ0v) is 14.3. The summed E-state index contributed by atoms with van der Waals surface area (Å²) < 4.78 is 10.8. The van der Waals surface area contributed by atoms with Crippen molar-refractivity contribution in [2.45, 2.75) is 20.0 Å². The van der Waals surface area contributed by atoms with Crippen molar-refractivity contribution in [1.82, 2.24) is 10.1 Å². The monoisotopic (exact) mass is 357 g/mol. The van der Waals surface area contributed by atoms with Crippen LogP contribution in [0.15, 0.2) is 53.1 Å². The minimum Gasteiger partial charge on any atom is -0.483 e. The van der Waals surface area contributed by atoms with Crippen LogP contribution in [-0.2, 0) is 13.0 Å². The van der Waals surface area contributed by atoms with Crippen LogP contribution in [0.5, 0.6) is 5.75 Å². The van der Waals surface area contributed by atoms with E-state index in [9.17, 15) is 4.79 Å². The molecule has 1 aromatic heterocycles. The molecule has 0 saturated carbocycles. The summed E-state index contributed by atoms with van der Waals surface area (Å²) in [5.74, 6) is 1.02. The minimum absolute atomic E-state index is 0.0697. The van der Waals surface area contributed by atoms with Crippen LogP contribution in [0.4, 0.5) is 5.69 Å². The average Bonchev–Trinajstić information content (AvgIpc) is 3.09. The second-order valence-corrected chi connectivity index (χ2v) is 5.64. The van der Waals surface area contributed by atoms with Gasteiger partial charge in [-0.3, -0.25) is 4.79 Å². The predicted molar refractivity (Wildman–Crippen MR) is 93.9 cm³/mol. The van der Waals surface area contributed by atoms with E-state index in [0.29, 0.717) is 40.2 Å². The van der Waals surface area contributed by atoms with Gasteiger partial charge in [-0.05, 0) is 30.3 Å². The van der Waals surface area contributed by atoms with Gasteiger partial charge in [0.25, 0.3) is 11.8 Å². The summed E-state index contributed by atoms with van der Waals surface area (Å²) in [6.45, 7) is 2.00. The van der Waals surface area contributed by atoms with Crippen LogP contribution in [0, 0.1) is 0 Å². The quantitative estimate of drug-likeness (QED) is 0.718. The van der Waals surface area contributed by atoms with Crippen LogP contribution in [-0.4, -0.2) is 16.0 Å². The molecule has 0 spiro atoms. The van der Waals surface area contributed by atoms with Gasteiger partial charge in [-0.15, -0.1) is 0 Å². The average molecular weight is 358 g/mol. The molecule has 7 heteroatoms. The van der Waals surface area contributed by atoms with Gasteiger partial charge < -0.3 is 14.6 Å². The molecule has 3 aromatic rings. The van der Waals surface area contributed by atoms with Crippen molar-refractivity contribution in [2.24, 2.45) is 0 Å². The van der Waals surface area contributed by atoms with Gasteiger partial charge in [-0.25, -0.2) is 0 Å². The highest BCUT2D eigenvalue weighted by atomic mass is 35.5. The van der Waals surface area contributed by atoms with Crippen LogP contribution in [0.3, 0.4) is 0 Å². The number of rotatable bonds is 6. The molecule has 0 unspecified atom stereocenters. The molecule has 128 valence electrons. The van der Waals surface area contributed by atoms with Crippen molar-refractivity contribution in [3.63, 3.8) is 0 Å². The Labute approximate surface area is 149 Å². The van der Waals surface area contributed by atoms with Crippen molar-refractivity contribution >= 4 is 23.2 Å². The van der Waals surface area contributed by atoms with Crippen molar-refractivity contribution < 1.29 is 14.1 Å². The van der Waals surface area contributed by atoms with Crippen molar-refractivity contribution in [3.8, 4) is 5.75 Å². The number of nitrogens with one attached hydrogen (secondary N) is 1. The fourth-order valence-electron chi connectivity index (χ4n) is 2.16. The molecule has 0 aliphatic rings. The standard InChI is InChI=1S/C18H16ClN3O3/c1-2-16-21-17(25-22-16)11-24-15-9-8-12(19)10-14(15)18(23)20-13-6-4-3-5-7-13/h3-10H,2,11H2,1H3,(H,20,23). The number of nitrogens with zero attached hydrogens (tertiary/aromatic N) is 2. The Balaban J connectivity index is 1.76.